The number of ether oxygens (including phenoxy) is 1. The first-order valence-corrected chi connectivity index (χ1v) is 7.61. The number of rotatable bonds is 6. The lowest BCUT2D eigenvalue weighted by atomic mass is 10.0. The first-order chi connectivity index (χ1) is 11.5. The van der Waals surface area contributed by atoms with Crippen molar-refractivity contribution in [2.45, 2.75) is 6.04 Å². The summed E-state index contributed by atoms with van der Waals surface area (Å²) in [6, 6.07) is 13.2. The van der Waals surface area contributed by atoms with E-state index in [-0.39, 0.29) is 11.7 Å². The largest absolute Gasteiger partial charge is 0.496 e. The van der Waals surface area contributed by atoms with Crippen molar-refractivity contribution in [1.29, 1.82) is 0 Å². The number of nitrogens with zero attached hydrogens (tertiary/aromatic N) is 1. The molecule has 0 bridgehead atoms. The summed E-state index contributed by atoms with van der Waals surface area (Å²) < 4.78 is 19.0. The predicted octanol–water partition coefficient (Wildman–Crippen LogP) is 3.26. The number of urea groups is 1. The standard InChI is InChI=1S/C18H22FN3O2/c1-22(2)16(13-8-4-7-11-17(13)24-3)12-20-18(23)21-15-10-6-5-9-14(15)19/h4-11,16H,12H2,1-3H3,(H2,20,21,23). The summed E-state index contributed by atoms with van der Waals surface area (Å²) in [5, 5.41) is 5.29. The molecule has 2 N–H and O–H groups in total. The molecule has 0 aromatic heterocycles. The number of carbonyl (C=O) groups is 1. The van der Waals surface area contributed by atoms with Crippen molar-refractivity contribution in [2.75, 3.05) is 33.1 Å². The van der Waals surface area contributed by atoms with Gasteiger partial charge in [0.25, 0.3) is 0 Å². The second kappa shape index (κ2) is 8.31. The van der Waals surface area contributed by atoms with E-state index in [4.69, 9.17) is 4.74 Å². The maximum absolute atomic E-state index is 13.6. The molecule has 2 amide bonds. The van der Waals surface area contributed by atoms with E-state index in [1.807, 2.05) is 43.3 Å². The Morgan fingerprint density at radius 1 is 1.17 bits per heavy atom. The number of hydrogen-bond acceptors (Lipinski definition) is 3. The Balaban J connectivity index is 2.04. The molecular formula is C18H22FN3O2. The molecule has 2 rings (SSSR count). The fraction of sp³-hybridized carbons (Fsp3) is 0.278. The summed E-state index contributed by atoms with van der Waals surface area (Å²) in [5.41, 5.74) is 1.12. The molecular weight excluding hydrogens is 309 g/mol. The fourth-order valence-corrected chi connectivity index (χ4v) is 2.43. The quantitative estimate of drug-likeness (QED) is 0.854. The molecule has 0 spiro atoms. The molecule has 2 aromatic carbocycles. The first-order valence-electron chi connectivity index (χ1n) is 7.61. The normalized spacial score (nSPS) is 11.9. The van der Waals surface area contributed by atoms with Crippen molar-refractivity contribution < 1.29 is 13.9 Å². The summed E-state index contributed by atoms with van der Waals surface area (Å²) in [6.45, 7) is 0.355. The van der Waals surface area contributed by atoms with E-state index < -0.39 is 11.8 Å². The van der Waals surface area contributed by atoms with Gasteiger partial charge in [0.15, 0.2) is 0 Å². The molecule has 0 aliphatic heterocycles. The maximum atomic E-state index is 13.6. The highest BCUT2D eigenvalue weighted by molar-refractivity contribution is 5.89. The number of halogens is 1. The van der Waals surface area contributed by atoms with E-state index in [1.165, 1.54) is 12.1 Å². The molecule has 5 nitrogen and oxygen atoms in total. The third-order valence-electron chi connectivity index (χ3n) is 3.70. The van der Waals surface area contributed by atoms with Gasteiger partial charge >= 0.3 is 6.03 Å². The van der Waals surface area contributed by atoms with Crippen LogP contribution in [0.3, 0.4) is 0 Å². The summed E-state index contributed by atoms with van der Waals surface area (Å²) in [5.74, 6) is 0.286. The second-order valence-corrected chi connectivity index (χ2v) is 5.54. The highest BCUT2D eigenvalue weighted by Gasteiger charge is 2.19. The van der Waals surface area contributed by atoms with E-state index in [9.17, 15) is 9.18 Å². The maximum Gasteiger partial charge on any atom is 0.319 e. The zero-order valence-corrected chi connectivity index (χ0v) is 14.0. The zero-order chi connectivity index (χ0) is 17.5. The third kappa shape index (κ3) is 4.45. The van der Waals surface area contributed by atoms with E-state index in [0.29, 0.717) is 6.54 Å². The van der Waals surface area contributed by atoms with Gasteiger partial charge in [0, 0.05) is 12.1 Å². The van der Waals surface area contributed by atoms with Crippen molar-refractivity contribution in [1.82, 2.24) is 10.2 Å². The smallest absolute Gasteiger partial charge is 0.319 e. The van der Waals surface area contributed by atoms with Gasteiger partial charge in [-0.3, -0.25) is 0 Å². The van der Waals surface area contributed by atoms with E-state index >= 15 is 0 Å². The molecule has 0 saturated carbocycles. The number of amides is 2. The Bertz CT molecular complexity index is 691. The van der Waals surface area contributed by atoms with Crippen LogP contribution in [0.4, 0.5) is 14.9 Å². The van der Waals surface area contributed by atoms with Crippen LogP contribution in [-0.2, 0) is 0 Å². The van der Waals surface area contributed by atoms with Gasteiger partial charge < -0.3 is 20.3 Å². The van der Waals surface area contributed by atoms with Gasteiger partial charge in [0.1, 0.15) is 11.6 Å². The molecule has 1 unspecified atom stereocenters. The number of para-hydroxylation sites is 2. The Morgan fingerprint density at radius 2 is 1.83 bits per heavy atom. The molecule has 0 aliphatic rings. The van der Waals surface area contributed by atoms with Crippen LogP contribution >= 0.6 is 0 Å². The van der Waals surface area contributed by atoms with E-state index in [1.54, 1.807) is 19.2 Å². The topological polar surface area (TPSA) is 53.6 Å². The van der Waals surface area contributed by atoms with Crippen molar-refractivity contribution >= 4 is 11.7 Å². The van der Waals surface area contributed by atoms with Crippen LogP contribution in [0.15, 0.2) is 48.5 Å². The number of carbonyl (C=O) groups excluding carboxylic acids is 1. The monoisotopic (exact) mass is 331 g/mol. The zero-order valence-electron chi connectivity index (χ0n) is 14.0. The van der Waals surface area contributed by atoms with Gasteiger partial charge in [-0.25, -0.2) is 9.18 Å². The molecule has 6 heteroatoms. The number of anilines is 1. The average Bonchev–Trinajstić information content (AvgIpc) is 2.57. The third-order valence-corrected chi connectivity index (χ3v) is 3.70. The van der Waals surface area contributed by atoms with Crippen LogP contribution in [0.5, 0.6) is 5.75 Å². The molecule has 0 heterocycles. The van der Waals surface area contributed by atoms with Crippen LogP contribution in [-0.4, -0.2) is 38.7 Å². The number of methoxy groups -OCH3 is 1. The Labute approximate surface area is 141 Å². The van der Waals surface area contributed by atoms with Crippen molar-refractivity contribution in [2.24, 2.45) is 0 Å². The number of nitrogens with one attached hydrogen (secondary N) is 2. The number of hydrogen-bond donors (Lipinski definition) is 2. The minimum Gasteiger partial charge on any atom is -0.496 e. The summed E-state index contributed by atoms with van der Waals surface area (Å²) in [7, 11) is 5.46. The van der Waals surface area contributed by atoms with Crippen LogP contribution in [0.1, 0.15) is 11.6 Å². The SMILES string of the molecule is COc1ccccc1C(CNC(=O)Nc1ccccc1F)N(C)C. The highest BCUT2D eigenvalue weighted by Crippen LogP contribution is 2.27. The van der Waals surface area contributed by atoms with Crippen molar-refractivity contribution in [3.8, 4) is 5.75 Å². The van der Waals surface area contributed by atoms with Crippen molar-refractivity contribution in [3.05, 3.63) is 59.9 Å². The highest BCUT2D eigenvalue weighted by atomic mass is 19.1. The van der Waals surface area contributed by atoms with Gasteiger partial charge in [-0.05, 0) is 32.3 Å². The van der Waals surface area contributed by atoms with Crippen LogP contribution < -0.4 is 15.4 Å². The first kappa shape index (κ1) is 17.7. The molecule has 1 atom stereocenters. The van der Waals surface area contributed by atoms with Crippen LogP contribution in [0.25, 0.3) is 0 Å². The fourth-order valence-electron chi connectivity index (χ4n) is 2.43. The molecule has 128 valence electrons. The van der Waals surface area contributed by atoms with E-state index in [2.05, 4.69) is 10.6 Å². The number of benzene rings is 2. The minimum absolute atomic E-state index is 0.0764. The Hall–Kier alpha value is -2.60. The number of likely N-dealkylation sites (N-methyl/N-ethyl adjacent to an activating group) is 1. The lowest BCUT2D eigenvalue weighted by Crippen LogP contribution is -2.37. The van der Waals surface area contributed by atoms with Gasteiger partial charge in [-0.15, -0.1) is 0 Å². The van der Waals surface area contributed by atoms with Crippen molar-refractivity contribution in [3.63, 3.8) is 0 Å². The summed E-state index contributed by atoms with van der Waals surface area (Å²) in [4.78, 5) is 14.0. The van der Waals surface area contributed by atoms with Gasteiger partial charge in [0.2, 0.25) is 0 Å². The summed E-state index contributed by atoms with van der Waals surface area (Å²) in [6.07, 6.45) is 0. The predicted molar refractivity (Wildman–Crippen MR) is 92.8 cm³/mol. The summed E-state index contributed by atoms with van der Waals surface area (Å²) >= 11 is 0. The lowest BCUT2D eigenvalue weighted by molar-refractivity contribution is 0.242. The van der Waals surface area contributed by atoms with Gasteiger partial charge in [0.05, 0.1) is 18.8 Å². The molecule has 0 radical (unpaired) electrons. The van der Waals surface area contributed by atoms with Crippen LogP contribution in [0.2, 0.25) is 0 Å². The molecule has 0 saturated heterocycles. The van der Waals surface area contributed by atoms with Gasteiger partial charge in [-0.1, -0.05) is 30.3 Å². The Morgan fingerprint density at radius 3 is 2.50 bits per heavy atom. The molecule has 0 fully saturated rings. The van der Waals surface area contributed by atoms with Crippen LogP contribution in [0, 0.1) is 5.82 Å². The minimum atomic E-state index is -0.471. The molecule has 2 aromatic rings. The Kier molecular flexibility index (Phi) is 6.14. The molecule has 0 aliphatic carbocycles. The van der Waals surface area contributed by atoms with Gasteiger partial charge in [-0.2, -0.15) is 0 Å². The second-order valence-electron chi connectivity index (χ2n) is 5.54. The lowest BCUT2D eigenvalue weighted by Gasteiger charge is -2.26. The molecule has 24 heavy (non-hydrogen) atoms. The average molecular weight is 331 g/mol. The van der Waals surface area contributed by atoms with E-state index in [0.717, 1.165) is 11.3 Å².